The average Bonchev–Trinajstić information content (AvgIpc) is 2.67. The number of benzene rings is 1. The van der Waals surface area contributed by atoms with E-state index in [1.165, 1.54) is 0 Å². The summed E-state index contributed by atoms with van der Waals surface area (Å²) < 4.78 is 11.5. The molecule has 6 heteroatoms. The summed E-state index contributed by atoms with van der Waals surface area (Å²) in [6.07, 6.45) is -0.151. The van der Waals surface area contributed by atoms with E-state index in [4.69, 9.17) is 14.5 Å². The van der Waals surface area contributed by atoms with Crippen LogP contribution in [0.15, 0.2) is 36.4 Å². The number of rotatable bonds is 5. The Morgan fingerprint density at radius 1 is 1.33 bits per heavy atom. The molecule has 0 saturated carbocycles. The lowest BCUT2D eigenvalue weighted by Crippen LogP contribution is -2.44. The highest BCUT2D eigenvalue weighted by Crippen LogP contribution is 2.32. The van der Waals surface area contributed by atoms with Gasteiger partial charge in [0, 0.05) is 38.4 Å². The largest absolute Gasteiger partial charge is 0.496 e. The molecule has 1 aliphatic heterocycles. The Bertz CT molecular complexity index is 807. The molecule has 1 saturated heterocycles. The summed E-state index contributed by atoms with van der Waals surface area (Å²) in [4.78, 5) is 20.5. The predicted molar refractivity (Wildman–Crippen MR) is 105 cm³/mol. The molecule has 1 aromatic carbocycles. The van der Waals surface area contributed by atoms with Gasteiger partial charge < -0.3 is 14.4 Å². The third-order valence-electron chi connectivity index (χ3n) is 4.73. The van der Waals surface area contributed by atoms with Gasteiger partial charge in [0.05, 0.1) is 26.0 Å². The van der Waals surface area contributed by atoms with E-state index >= 15 is 0 Å². The molecule has 3 rings (SSSR count). The number of carbonyl (C=O) groups is 1. The van der Waals surface area contributed by atoms with Crippen molar-refractivity contribution in [1.82, 2.24) is 14.8 Å². The fourth-order valence-electron chi connectivity index (χ4n) is 3.26. The molecule has 0 bridgehead atoms. The summed E-state index contributed by atoms with van der Waals surface area (Å²) in [5.74, 6) is 0.930. The van der Waals surface area contributed by atoms with Crippen molar-refractivity contribution in [1.29, 1.82) is 0 Å². The maximum absolute atomic E-state index is 12.0. The standard InChI is InChI=1S/C21H27N3O3/c1-15-11-16(17-7-5-6-8-19(17)26-4)12-18(22-15)20-13-24(9-10-27-20)14-21(25)23(2)3/h5-8,11-12,20H,9-10,13-14H2,1-4H3. The van der Waals surface area contributed by atoms with Crippen LogP contribution < -0.4 is 4.74 Å². The molecule has 0 aliphatic carbocycles. The molecule has 27 heavy (non-hydrogen) atoms. The van der Waals surface area contributed by atoms with Gasteiger partial charge in [-0.2, -0.15) is 0 Å². The van der Waals surface area contributed by atoms with Crippen LogP contribution in [0.5, 0.6) is 5.75 Å². The summed E-state index contributed by atoms with van der Waals surface area (Å²) in [5, 5.41) is 0. The monoisotopic (exact) mass is 369 g/mol. The third-order valence-corrected chi connectivity index (χ3v) is 4.73. The first-order valence-corrected chi connectivity index (χ1v) is 9.14. The quantitative estimate of drug-likeness (QED) is 0.811. The van der Waals surface area contributed by atoms with E-state index in [-0.39, 0.29) is 12.0 Å². The van der Waals surface area contributed by atoms with Crippen molar-refractivity contribution in [2.45, 2.75) is 13.0 Å². The van der Waals surface area contributed by atoms with Crippen LogP contribution in [0.25, 0.3) is 11.1 Å². The Labute approximate surface area is 160 Å². The second kappa shape index (κ2) is 8.50. The Morgan fingerprint density at radius 2 is 2.11 bits per heavy atom. The summed E-state index contributed by atoms with van der Waals surface area (Å²) in [6, 6.07) is 12.1. The zero-order chi connectivity index (χ0) is 19.4. The van der Waals surface area contributed by atoms with Crippen molar-refractivity contribution in [3.63, 3.8) is 0 Å². The number of hydrogen-bond donors (Lipinski definition) is 0. The molecule has 6 nitrogen and oxygen atoms in total. The van der Waals surface area contributed by atoms with Crippen molar-refractivity contribution >= 4 is 5.91 Å². The van der Waals surface area contributed by atoms with E-state index in [1.807, 2.05) is 31.2 Å². The number of nitrogens with zero attached hydrogens (tertiary/aromatic N) is 3. The zero-order valence-electron chi connectivity index (χ0n) is 16.4. The second-order valence-corrected chi connectivity index (χ2v) is 7.01. The average molecular weight is 369 g/mol. The molecule has 1 aliphatic rings. The number of methoxy groups -OCH3 is 1. The molecule has 144 valence electrons. The lowest BCUT2D eigenvalue weighted by Gasteiger charge is -2.33. The Kier molecular flexibility index (Phi) is 6.08. The first kappa shape index (κ1) is 19.3. The van der Waals surface area contributed by atoms with Crippen LogP contribution in [0.1, 0.15) is 17.5 Å². The number of likely N-dealkylation sites (N-methyl/N-ethyl adjacent to an activating group) is 1. The molecular weight excluding hydrogens is 342 g/mol. The van der Waals surface area contributed by atoms with E-state index in [0.717, 1.165) is 34.8 Å². The minimum absolute atomic E-state index is 0.0996. The van der Waals surface area contributed by atoms with Gasteiger partial charge in [-0.05, 0) is 30.7 Å². The van der Waals surface area contributed by atoms with Gasteiger partial charge in [-0.1, -0.05) is 18.2 Å². The van der Waals surface area contributed by atoms with Crippen LogP contribution in [0.3, 0.4) is 0 Å². The number of morpholine rings is 1. The van der Waals surface area contributed by atoms with Crippen molar-refractivity contribution in [2.24, 2.45) is 0 Å². The van der Waals surface area contributed by atoms with E-state index in [0.29, 0.717) is 19.7 Å². The molecule has 2 aromatic rings. The molecule has 1 atom stereocenters. The molecule has 1 fully saturated rings. The van der Waals surface area contributed by atoms with Gasteiger partial charge in [0.25, 0.3) is 0 Å². The smallest absolute Gasteiger partial charge is 0.236 e. The van der Waals surface area contributed by atoms with Gasteiger partial charge in [-0.3, -0.25) is 14.7 Å². The molecule has 0 radical (unpaired) electrons. The Morgan fingerprint density at radius 3 is 2.85 bits per heavy atom. The number of aryl methyl sites for hydroxylation is 1. The zero-order valence-corrected chi connectivity index (χ0v) is 16.4. The molecule has 1 unspecified atom stereocenters. The fourth-order valence-corrected chi connectivity index (χ4v) is 3.26. The summed E-state index contributed by atoms with van der Waals surface area (Å²) >= 11 is 0. The second-order valence-electron chi connectivity index (χ2n) is 7.01. The summed E-state index contributed by atoms with van der Waals surface area (Å²) in [6.45, 7) is 4.38. The predicted octanol–water partition coefficient (Wildman–Crippen LogP) is 2.53. The number of aromatic nitrogens is 1. The lowest BCUT2D eigenvalue weighted by molar-refractivity contribution is -0.132. The van der Waals surface area contributed by atoms with Gasteiger partial charge in [0.15, 0.2) is 0 Å². The highest BCUT2D eigenvalue weighted by Gasteiger charge is 2.25. The topological polar surface area (TPSA) is 54.9 Å². The van der Waals surface area contributed by atoms with Crippen molar-refractivity contribution in [2.75, 3.05) is 47.4 Å². The van der Waals surface area contributed by atoms with Crippen LogP contribution in [-0.4, -0.2) is 68.1 Å². The van der Waals surface area contributed by atoms with E-state index in [9.17, 15) is 4.79 Å². The SMILES string of the molecule is COc1ccccc1-c1cc(C)nc(C2CN(CC(=O)N(C)C)CCO2)c1. The Hall–Kier alpha value is -2.44. The van der Waals surface area contributed by atoms with E-state index in [1.54, 1.807) is 26.1 Å². The number of ether oxygens (including phenoxy) is 2. The number of amides is 1. The van der Waals surface area contributed by atoms with E-state index in [2.05, 4.69) is 17.0 Å². The van der Waals surface area contributed by atoms with Crippen LogP contribution in [0.4, 0.5) is 0 Å². The Balaban J connectivity index is 1.84. The summed E-state index contributed by atoms with van der Waals surface area (Å²) in [7, 11) is 5.24. The minimum Gasteiger partial charge on any atom is -0.496 e. The molecule has 0 N–H and O–H groups in total. The van der Waals surface area contributed by atoms with Gasteiger partial charge in [-0.25, -0.2) is 0 Å². The maximum Gasteiger partial charge on any atom is 0.236 e. The molecule has 1 aromatic heterocycles. The number of pyridine rings is 1. The first-order valence-electron chi connectivity index (χ1n) is 9.14. The van der Waals surface area contributed by atoms with Crippen molar-refractivity contribution in [3.8, 4) is 16.9 Å². The molecular formula is C21H27N3O3. The van der Waals surface area contributed by atoms with Gasteiger partial charge in [-0.15, -0.1) is 0 Å². The number of para-hydroxylation sites is 1. The first-order chi connectivity index (χ1) is 13.0. The summed E-state index contributed by atoms with van der Waals surface area (Å²) in [5.41, 5.74) is 3.90. The fraction of sp³-hybridized carbons (Fsp3) is 0.429. The van der Waals surface area contributed by atoms with Crippen molar-refractivity contribution < 1.29 is 14.3 Å². The van der Waals surface area contributed by atoms with Crippen LogP contribution in [0.2, 0.25) is 0 Å². The highest BCUT2D eigenvalue weighted by atomic mass is 16.5. The molecule has 1 amide bonds. The lowest BCUT2D eigenvalue weighted by atomic mass is 10.0. The normalized spacial score (nSPS) is 17.6. The highest BCUT2D eigenvalue weighted by molar-refractivity contribution is 5.77. The van der Waals surface area contributed by atoms with Crippen LogP contribution in [-0.2, 0) is 9.53 Å². The van der Waals surface area contributed by atoms with Crippen LogP contribution in [0, 0.1) is 6.92 Å². The van der Waals surface area contributed by atoms with E-state index < -0.39 is 0 Å². The molecule has 2 heterocycles. The van der Waals surface area contributed by atoms with Gasteiger partial charge in [0.2, 0.25) is 5.91 Å². The van der Waals surface area contributed by atoms with Gasteiger partial charge in [0.1, 0.15) is 11.9 Å². The maximum atomic E-state index is 12.0. The number of hydrogen-bond acceptors (Lipinski definition) is 5. The van der Waals surface area contributed by atoms with Crippen LogP contribution >= 0.6 is 0 Å². The molecule has 0 spiro atoms. The number of carbonyl (C=O) groups excluding carboxylic acids is 1. The third kappa shape index (κ3) is 4.64. The van der Waals surface area contributed by atoms with Gasteiger partial charge >= 0.3 is 0 Å². The van der Waals surface area contributed by atoms with Crippen molar-refractivity contribution in [3.05, 3.63) is 47.8 Å². The minimum atomic E-state index is -0.151.